The number of fused-ring (bicyclic) bond motifs is 1. The van der Waals surface area contributed by atoms with Crippen molar-refractivity contribution in [3.8, 4) is 0 Å². The molecule has 1 amide bonds. The van der Waals surface area contributed by atoms with Crippen molar-refractivity contribution in [2.45, 2.75) is 12.8 Å². The first-order chi connectivity index (χ1) is 9.66. The molecule has 5 nitrogen and oxygen atoms in total. The maximum Gasteiger partial charge on any atom is 0.261 e. The Kier molecular flexibility index (Phi) is 3.10. The van der Waals surface area contributed by atoms with Gasteiger partial charge >= 0.3 is 0 Å². The Balaban J connectivity index is 2.03. The van der Waals surface area contributed by atoms with Crippen LogP contribution in [0.2, 0.25) is 0 Å². The molecule has 0 radical (unpaired) electrons. The van der Waals surface area contributed by atoms with E-state index in [0.29, 0.717) is 36.2 Å². The topological polar surface area (TPSA) is 55.2 Å². The van der Waals surface area contributed by atoms with Crippen molar-refractivity contribution in [1.82, 2.24) is 9.78 Å². The monoisotopic (exact) mass is 269 g/mol. The lowest BCUT2D eigenvalue weighted by Gasteiger charge is -2.21. The van der Waals surface area contributed by atoms with Crippen LogP contribution in [0.25, 0.3) is 0 Å². The van der Waals surface area contributed by atoms with E-state index in [2.05, 4.69) is 5.10 Å². The van der Waals surface area contributed by atoms with Crippen molar-refractivity contribution in [3.63, 3.8) is 0 Å². The average molecular weight is 269 g/mol. The first-order valence-electron chi connectivity index (χ1n) is 6.59. The van der Waals surface area contributed by atoms with E-state index in [-0.39, 0.29) is 11.7 Å². The summed E-state index contributed by atoms with van der Waals surface area (Å²) in [6.45, 7) is 0.552. The van der Waals surface area contributed by atoms with Gasteiger partial charge in [-0.15, -0.1) is 0 Å². The third-order valence-electron chi connectivity index (χ3n) is 3.48. The van der Waals surface area contributed by atoms with Crippen LogP contribution in [0.15, 0.2) is 36.7 Å². The summed E-state index contributed by atoms with van der Waals surface area (Å²) >= 11 is 0. The minimum atomic E-state index is -0.111. The van der Waals surface area contributed by atoms with Gasteiger partial charge < -0.3 is 4.90 Å². The molecule has 2 aromatic rings. The fraction of sp³-hybridized carbons (Fsp3) is 0.267. The molecule has 3 rings (SSSR count). The maximum absolute atomic E-state index is 12.6. The fourth-order valence-corrected chi connectivity index (χ4v) is 2.50. The van der Waals surface area contributed by atoms with Crippen LogP contribution in [0, 0.1) is 0 Å². The van der Waals surface area contributed by atoms with Crippen molar-refractivity contribution in [1.29, 1.82) is 0 Å². The second-order valence-corrected chi connectivity index (χ2v) is 4.90. The van der Waals surface area contributed by atoms with Gasteiger partial charge in [0.05, 0.1) is 17.4 Å². The summed E-state index contributed by atoms with van der Waals surface area (Å²) in [5.74, 6) is -0.0117. The number of aromatic nitrogens is 2. The lowest BCUT2D eigenvalue weighted by Crippen LogP contribution is -2.31. The Hall–Kier alpha value is -2.43. The Morgan fingerprint density at radius 2 is 2.10 bits per heavy atom. The highest BCUT2D eigenvalue weighted by Gasteiger charge is 2.26. The third-order valence-corrected chi connectivity index (χ3v) is 3.48. The van der Waals surface area contributed by atoms with Crippen LogP contribution in [0.5, 0.6) is 0 Å². The van der Waals surface area contributed by atoms with E-state index in [1.807, 2.05) is 18.2 Å². The summed E-state index contributed by atoms with van der Waals surface area (Å²) in [4.78, 5) is 26.3. The summed E-state index contributed by atoms with van der Waals surface area (Å²) < 4.78 is 1.60. The minimum Gasteiger partial charge on any atom is -0.308 e. The predicted octanol–water partition coefficient (Wildman–Crippen LogP) is 2.04. The number of nitrogens with zero attached hydrogens (tertiary/aromatic N) is 3. The molecule has 1 aromatic carbocycles. The van der Waals surface area contributed by atoms with Crippen molar-refractivity contribution in [3.05, 3.63) is 47.8 Å². The molecule has 1 aliphatic rings. The van der Waals surface area contributed by atoms with Gasteiger partial charge in [0, 0.05) is 31.8 Å². The van der Waals surface area contributed by atoms with Gasteiger partial charge in [0.25, 0.3) is 5.91 Å². The molecule has 1 aliphatic heterocycles. The number of benzene rings is 1. The van der Waals surface area contributed by atoms with Crippen molar-refractivity contribution in [2.24, 2.45) is 7.05 Å². The normalized spacial score (nSPS) is 14.8. The van der Waals surface area contributed by atoms with Crippen LogP contribution < -0.4 is 4.90 Å². The van der Waals surface area contributed by atoms with Gasteiger partial charge in [-0.3, -0.25) is 14.3 Å². The van der Waals surface area contributed by atoms with Crippen LogP contribution in [0.3, 0.4) is 0 Å². The number of ketones is 1. The summed E-state index contributed by atoms with van der Waals surface area (Å²) in [5, 5.41) is 4.03. The van der Waals surface area contributed by atoms with E-state index in [0.717, 1.165) is 0 Å². The Labute approximate surface area is 116 Å². The first-order valence-corrected chi connectivity index (χ1v) is 6.59. The molecule has 1 aromatic heterocycles. The molecule has 0 saturated carbocycles. The number of Topliss-reactive ketones (excluding diaryl/α,β-unsaturated/α-hetero) is 1. The highest BCUT2D eigenvalue weighted by Crippen LogP contribution is 2.27. The van der Waals surface area contributed by atoms with Gasteiger partial charge in [0.15, 0.2) is 5.78 Å². The Morgan fingerprint density at radius 3 is 2.85 bits per heavy atom. The number of rotatable bonds is 1. The van der Waals surface area contributed by atoms with Crippen LogP contribution in [-0.4, -0.2) is 28.0 Å². The number of para-hydroxylation sites is 1. The van der Waals surface area contributed by atoms with Crippen LogP contribution >= 0.6 is 0 Å². The summed E-state index contributed by atoms with van der Waals surface area (Å²) in [5.41, 5.74) is 1.86. The Morgan fingerprint density at radius 1 is 1.30 bits per heavy atom. The molecule has 0 atom stereocenters. The Bertz CT molecular complexity index is 675. The highest BCUT2D eigenvalue weighted by atomic mass is 16.2. The number of amides is 1. The summed E-state index contributed by atoms with van der Waals surface area (Å²) in [6.07, 6.45) is 4.41. The number of aryl methyl sites for hydroxylation is 1. The van der Waals surface area contributed by atoms with Gasteiger partial charge in [-0.05, 0) is 18.6 Å². The molecule has 0 saturated heterocycles. The standard InChI is InChI=1S/C15H15N3O2/c1-17-10-11(9-16-17)15(20)18-8-4-7-14(19)12-5-2-3-6-13(12)18/h2-3,5-6,9-10H,4,7-8H2,1H3. The van der Waals surface area contributed by atoms with E-state index in [1.54, 1.807) is 35.1 Å². The van der Waals surface area contributed by atoms with Gasteiger partial charge in [-0.2, -0.15) is 5.10 Å². The van der Waals surface area contributed by atoms with Gasteiger partial charge in [-0.1, -0.05) is 12.1 Å². The molecule has 0 fully saturated rings. The summed E-state index contributed by atoms with van der Waals surface area (Å²) in [6, 6.07) is 7.29. The molecule has 0 spiro atoms. The van der Waals surface area contributed by atoms with Crippen LogP contribution in [0.1, 0.15) is 33.6 Å². The molecule has 5 heteroatoms. The minimum absolute atomic E-state index is 0.0992. The van der Waals surface area contributed by atoms with Crippen molar-refractivity contribution < 1.29 is 9.59 Å². The second-order valence-electron chi connectivity index (χ2n) is 4.90. The molecule has 20 heavy (non-hydrogen) atoms. The first kappa shape index (κ1) is 12.6. The van der Waals surface area contributed by atoms with Crippen molar-refractivity contribution >= 4 is 17.4 Å². The second kappa shape index (κ2) is 4.92. The van der Waals surface area contributed by atoms with E-state index >= 15 is 0 Å². The molecule has 0 bridgehead atoms. The van der Waals surface area contributed by atoms with Crippen LogP contribution in [0.4, 0.5) is 5.69 Å². The molecular weight excluding hydrogens is 254 g/mol. The van der Waals surface area contributed by atoms with Crippen LogP contribution in [-0.2, 0) is 7.05 Å². The number of anilines is 1. The molecule has 2 heterocycles. The third kappa shape index (κ3) is 2.11. The largest absolute Gasteiger partial charge is 0.308 e. The number of hydrogen-bond acceptors (Lipinski definition) is 3. The van der Waals surface area contributed by atoms with E-state index in [4.69, 9.17) is 0 Å². The predicted molar refractivity (Wildman–Crippen MR) is 74.9 cm³/mol. The SMILES string of the molecule is Cn1cc(C(=O)N2CCCC(=O)c3ccccc32)cn1. The molecule has 0 N–H and O–H groups in total. The molecule has 0 aliphatic carbocycles. The van der Waals surface area contributed by atoms with E-state index < -0.39 is 0 Å². The smallest absolute Gasteiger partial charge is 0.261 e. The molecular formula is C15H15N3O2. The highest BCUT2D eigenvalue weighted by molar-refractivity contribution is 6.11. The quantitative estimate of drug-likeness (QED) is 0.796. The molecule has 102 valence electrons. The van der Waals surface area contributed by atoms with Gasteiger partial charge in [-0.25, -0.2) is 0 Å². The summed E-state index contributed by atoms with van der Waals surface area (Å²) in [7, 11) is 1.77. The van der Waals surface area contributed by atoms with Crippen molar-refractivity contribution in [2.75, 3.05) is 11.4 Å². The number of hydrogen-bond donors (Lipinski definition) is 0. The van der Waals surface area contributed by atoms with Gasteiger partial charge in [0.1, 0.15) is 0 Å². The lowest BCUT2D eigenvalue weighted by atomic mass is 10.1. The zero-order chi connectivity index (χ0) is 14.1. The fourth-order valence-electron chi connectivity index (χ4n) is 2.50. The number of carbonyl (C=O) groups is 2. The zero-order valence-corrected chi connectivity index (χ0v) is 11.2. The molecule has 0 unspecified atom stereocenters. The lowest BCUT2D eigenvalue weighted by molar-refractivity contribution is 0.0973. The van der Waals surface area contributed by atoms with E-state index in [1.165, 1.54) is 0 Å². The maximum atomic E-state index is 12.6. The van der Waals surface area contributed by atoms with Gasteiger partial charge in [0.2, 0.25) is 0 Å². The van der Waals surface area contributed by atoms with E-state index in [9.17, 15) is 9.59 Å². The zero-order valence-electron chi connectivity index (χ0n) is 11.2. The average Bonchev–Trinajstić information content (AvgIpc) is 2.82. The number of carbonyl (C=O) groups excluding carboxylic acids is 2.